The Balaban J connectivity index is 1.42. The summed E-state index contributed by atoms with van der Waals surface area (Å²) in [5.74, 6) is 0.714. The van der Waals surface area contributed by atoms with Crippen LogP contribution in [-0.2, 0) is 24.7 Å². The Hall–Kier alpha value is -2.89. The Labute approximate surface area is 187 Å². The number of aromatic hydroxyl groups is 1. The molecule has 2 aliphatic heterocycles. The molecule has 0 unspecified atom stereocenters. The van der Waals surface area contributed by atoms with E-state index in [4.69, 9.17) is 9.72 Å². The second kappa shape index (κ2) is 6.12. The Bertz CT molecular complexity index is 1260. The molecule has 1 fully saturated rings. The zero-order chi connectivity index (χ0) is 21.7. The molecule has 1 aromatic heterocycles. The minimum absolute atomic E-state index is 0.0104. The van der Waals surface area contributed by atoms with E-state index in [9.17, 15) is 10.2 Å². The lowest BCUT2D eigenvalue weighted by atomic mass is 9.49. The maximum Gasteiger partial charge on any atom is 0.166 e. The summed E-state index contributed by atoms with van der Waals surface area (Å²) >= 11 is 0. The van der Waals surface area contributed by atoms with Crippen molar-refractivity contribution in [3.05, 3.63) is 88.2 Å². The molecule has 5 heteroatoms. The number of fused-ring (bicyclic) bond motifs is 2. The molecule has 2 N–H and O–H groups in total. The van der Waals surface area contributed by atoms with Crippen molar-refractivity contribution in [3.8, 4) is 11.5 Å². The summed E-state index contributed by atoms with van der Waals surface area (Å²) in [6, 6.07) is 16.4. The smallest absolute Gasteiger partial charge is 0.166 e. The first-order chi connectivity index (χ1) is 15.5. The lowest BCUT2D eigenvalue weighted by Crippen LogP contribution is -2.74. The van der Waals surface area contributed by atoms with E-state index in [-0.39, 0.29) is 17.9 Å². The van der Waals surface area contributed by atoms with Gasteiger partial charge in [0.1, 0.15) is 0 Å². The highest BCUT2D eigenvalue weighted by Gasteiger charge is 2.72. The molecule has 2 aliphatic carbocycles. The van der Waals surface area contributed by atoms with E-state index in [1.807, 2.05) is 18.3 Å². The van der Waals surface area contributed by atoms with Crippen molar-refractivity contribution in [3.63, 3.8) is 0 Å². The van der Waals surface area contributed by atoms with Gasteiger partial charge in [0.15, 0.2) is 17.6 Å². The quantitative estimate of drug-likeness (QED) is 0.658. The van der Waals surface area contributed by atoms with E-state index < -0.39 is 11.0 Å². The molecule has 2 bridgehead atoms. The molecule has 0 amide bonds. The van der Waals surface area contributed by atoms with Crippen LogP contribution in [0.3, 0.4) is 0 Å². The largest absolute Gasteiger partial charge is 0.504 e. The van der Waals surface area contributed by atoms with Crippen molar-refractivity contribution in [2.24, 2.45) is 0 Å². The van der Waals surface area contributed by atoms with Crippen LogP contribution in [0.2, 0.25) is 0 Å². The summed E-state index contributed by atoms with van der Waals surface area (Å²) < 4.78 is 6.50. The highest BCUT2D eigenvalue weighted by molar-refractivity contribution is 5.64. The number of benzene rings is 2. The summed E-state index contributed by atoms with van der Waals surface area (Å²) in [6.45, 7) is 0.892. The molecular weight excluding hydrogens is 400 g/mol. The normalized spacial score (nSPS) is 31.6. The molecular formula is C27H26N2O3. The Morgan fingerprint density at radius 1 is 1.12 bits per heavy atom. The average molecular weight is 427 g/mol. The standard InChI is InChI=1S/C27H26N2O3/c1-29-10-9-26-22-18-7-8-20(30)24(22)32-25(26)23-19(14-27(26,31)21(29)13-18)12-17(15-28-23)11-16-5-3-2-4-6-16/h2-8,12,15,21,25,30-31H,9-11,13-14H2,1H3/t21-,25-,26-,27+/m0/s1. The summed E-state index contributed by atoms with van der Waals surface area (Å²) in [4.78, 5) is 7.23. The summed E-state index contributed by atoms with van der Waals surface area (Å²) in [7, 11) is 2.12. The van der Waals surface area contributed by atoms with E-state index in [1.54, 1.807) is 6.07 Å². The maximum absolute atomic E-state index is 12.5. The average Bonchev–Trinajstić information content (AvgIpc) is 3.14. The number of likely N-dealkylation sites (N-methyl/N-ethyl adjacent to an activating group) is 1. The first-order valence-corrected chi connectivity index (χ1v) is 11.5. The second-order valence-corrected chi connectivity index (χ2v) is 10.0. The molecule has 0 saturated carbocycles. The van der Waals surface area contributed by atoms with Gasteiger partial charge >= 0.3 is 0 Å². The van der Waals surface area contributed by atoms with Crippen LogP contribution in [0.15, 0.2) is 54.7 Å². The van der Waals surface area contributed by atoms with Crippen LogP contribution < -0.4 is 4.74 Å². The molecule has 3 heterocycles. The van der Waals surface area contributed by atoms with Gasteiger partial charge in [-0.2, -0.15) is 0 Å². The van der Waals surface area contributed by atoms with Crippen LogP contribution in [0.5, 0.6) is 11.5 Å². The number of aromatic nitrogens is 1. The lowest BCUT2D eigenvalue weighted by Gasteiger charge is -2.62. The maximum atomic E-state index is 12.5. The van der Waals surface area contributed by atoms with E-state index in [1.165, 1.54) is 11.1 Å². The topological polar surface area (TPSA) is 65.8 Å². The predicted octanol–water partition coefficient (Wildman–Crippen LogP) is 3.30. The van der Waals surface area contributed by atoms with Crippen LogP contribution in [0.4, 0.5) is 0 Å². The number of piperidine rings is 1. The zero-order valence-corrected chi connectivity index (χ0v) is 18.1. The van der Waals surface area contributed by atoms with Crippen molar-refractivity contribution in [1.29, 1.82) is 0 Å². The number of nitrogens with zero attached hydrogens (tertiary/aromatic N) is 2. The van der Waals surface area contributed by atoms with Gasteiger partial charge in [-0.15, -0.1) is 0 Å². The molecule has 1 spiro atoms. The highest BCUT2D eigenvalue weighted by Crippen LogP contribution is 2.68. The van der Waals surface area contributed by atoms with Gasteiger partial charge in [0.2, 0.25) is 0 Å². The number of phenols is 1. The molecule has 1 saturated heterocycles. The highest BCUT2D eigenvalue weighted by atomic mass is 16.5. The van der Waals surface area contributed by atoms with Crippen LogP contribution >= 0.6 is 0 Å². The third-order valence-electron chi connectivity index (χ3n) is 8.50. The number of phenolic OH excluding ortho intramolecular Hbond substituents is 1. The van der Waals surface area contributed by atoms with E-state index >= 15 is 0 Å². The van der Waals surface area contributed by atoms with Gasteiger partial charge in [0.25, 0.3) is 0 Å². The predicted molar refractivity (Wildman–Crippen MR) is 120 cm³/mol. The number of aliphatic hydroxyl groups is 1. The molecule has 0 radical (unpaired) electrons. The van der Waals surface area contributed by atoms with Gasteiger partial charge in [-0.3, -0.25) is 4.98 Å². The van der Waals surface area contributed by atoms with Gasteiger partial charge in [-0.1, -0.05) is 42.5 Å². The van der Waals surface area contributed by atoms with Crippen molar-refractivity contribution in [2.75, 3.05) is 13.6 Å². The fourth-order valence-electron chi connectivity index (χ4n) is 7.09. The number of ether oxygens (including phenoxy) is 1. The minimum Gasteiger partial charge on any atom is -0.504 e. The van der Waals surface area contributed by atoms with Gasteiger partial charge in [-0.05, 0) is 61.2 Å². The fourth-order valence-corrected chi connectivity index (χ4v) is 7.09. The molecule has 32 heavy (non-hydrogen) atoms. The fraction of sp³-hybridized carbons (Fsp3) is 0.370. The Morgan fingerprint density at radius 3 is 2.81 bits per heavy atom. The Morgan fingerprint density at radius 2 is 1.97 bits per heavy atom. The Kier molecular flexibility index (Phi) is 3.57. The molecule has 4 atom stereocenters. The van der Waals surface area contributed by atoms with Crippen LogP contribution in [0.25, 0.3) is 0 Å². The minimum atomic E-state index is -0.962. The number of hydrogen-bond donors (Lipinski definition) is 2. The number of likely N-dealkylation sites (tertiary alicyclic amines) is 1. The first kappa shape index (κ1) is 18.7. The first-order valence-electron chi connectivity index (χ1n) is 11.5. The van der Waals surface area contributed by atoms with E-state index in [0.717, 1.165) is 48.2 Å². The van der Waals surface area contributed by atoms with Crippen LogP contribution in [0.1, 0.15) is 46.0 Å². The molecule has 7 rings (SSSR count). The van der Waals surface area contributed by atoms with Crippen LogP contribution in [-0.4, -0.2) is 45.3 Å². The molecule has 2 aromatic carbocycles. The van der Waals surface area contributed by atoms with Gasteiger partial charge in [0.05, 0.1) is 16.7 Å². The number of hydrogen-bond acceptors (Lipinski definition) is 5. The number of rotatable bonds is 2. The third-order valence-corrected chi connectivity index (χ3v) is 8.50. The summed E-state index contributed by atoms with van der Waals surface area (Å²) in [6.07, 6.45) is 4.50. The molecule has 162 valence electrons. The van der Waals surface area contributed by atoms with Gasteiger partial charge in [0, 0.05) is 24.2 Å². The molecule has 5 nitrogen and oxygen atoms in total. The van der Waals surface area contributed by atoms with Crippen molar-refractivity contribution in [2.45, 2.75) is 48.8 Å². The second-order valence-electron chi connectivity index (χ2n) is 10.0. The zero-order valence-electron chi connectivity index (χ0n) is 18.1. The molecule has 3 aromatic rings. The van der Waals surface area contributed by atoms with Gasteiger partial charge in [-0.25, -0.2) is 0 Å². The van der Waals surface area contributed by atoms with Gasteiger partial charge < -0.3 is 19.8 Å². The molecule has 4 aliphatic rings. The lowest BCUT2D eigenvalue weighted by molar-refractivity contribution is -0.168. The van der Waals surface area contributed by atoms with Crippen molar-refractivity contribution in [1.82, 2.24) is 9.88 Å². The van der Waals surface area contributed by atoms with E-state index in [2.05, 4.69) is 42.3 Å². The van der Waals surface area contributed by atoms with Crippen molar-refractivity contribution >= 4 is 0 Å². The monoisotopic (exact) mass is 426 g/mol. The van der Waals surface area contributed by atoms with Crippen molar-refractivity contribution < 1.29 is 14.9 Å². The third kappa shape index (κ3) is 2.13. The SMILES string of the molecule is CN1CC[C@]23c4c5ccc(O)c4O[C@H]2c2ncc(Cc4ccccc4)cc2C[C@@]3(O)[C@@H]1C5. The van der Waals surface area contributed by atoms with E-state index in [0.29, 0.717) is 12.2 Å². The number of pyridine rings is 1. The van der Waals surface area contributed by atoms with Crippen LogP contribution in [0, 0.1) is 0 Å². The summed E-state index contributed by atoms with van der Waals surface area (Å²) in [5, 5.41) is 23.1. The summed E-state index contributed by atoms with van der Waals surface area (Å²) in [5.41, 5.74) is 5.05.